The van der Waals surface area contributed by atoms with E-state index in [0.29, 0.717) is 0 Å². The van der Waals surface area contributed by atoms with Gasteiger partial charge in [-0.1, -0.05) is 178 Å². The molecular weight excluding hydrogens is 663 g/mol. The smallest absolute Gasteiger partial charge is 0.0714 e. The summed E-state index contributed by atoms with van der Waals surface area (Å²) in [4.78, 5) is 2.49. The molecule has 0 radical (unpaired) electrons. The molecule has 0 saturated heterocycles. The fourth-order valence-corrected chi connectivity index (χ4v) is 9.98. The minimum Gasteiger partial charge on any atom is -0.310 e. The molecule has 55 heavy (non-hydrogen) atoms. The molecule has 9 aromatic rings. The van der Waals surface area contributed by atoms with Gasteiger partial charge in [0.25, 0.3) is 0 Å². The van der Waals surface area contributed by atoms with Gasteiger partial charge in [0, 0.05) is 22.5 Å². The van der Waals surface area contributed by atoms with E-state index in [-0.39, 0.29) is 5.41 Å². The van der Waals surface area contributed by atoms with Crippen LogP contribution in [0.5, 0.6) is 0 Å². The van der Waals surface area contributed by atoms with Gasteiger partial charge < -0.3 is 4.90 Å². The van der Waals surface area contributed by atoms with E-state index in [4.69, 9.17) is 0 Å². The van der Waals surface area contributed by atoms with Crippen molar-refractivity contribution in [2.24, 2.45) is 0 Å². The molecule has 0 amide bonds. The first-order valence-corrected chi connectivity index (χ1v) is 19.3. The highest BCUT2D eigenvalue weighted by molar-refractivity contribution is 6.09. The Morgan fingerprint density at radius 1 is 0.327 bits per heavy atom. The predicted molar refractivity (Wildman–Crippen MR) is 231 cm³/mol. The van der Waals surface area contributed by atoms with Crippen LogP contribution in [0.2, 0.25) is 0 Å². The first kappa shape index (κ1) is 31.8. The molecule has 0 aliphatic heterocycles. The quantitative estimate of drug-likeness (QED) is 0.162. The maximum atomic E-state index is 2.49. The summed E-state index contributed by atoms with van der Waals surface area (Å²) >= 11 is 0. The largest absolute Gasteiger partial charge is 0.310 e. The maximum absolute atomic E-state index is 2.49. The Labute approximate surface area is 322 Å². The minimum absolute atomic E-state index is 0.122. The van der Waals surface area contributed by atoms with Crippen LogP contribution in [0, 0.1) is 0 Å². The first-order chi connectivity index (χ1) is 27.0. The monoisotopic (exact) mass is 701 g/mol. The van der Waals surface area contributed by atoms with Crippen LogP contribution in [0.25, 0.3) is 43.8 Å². The van der Waals surface area contributed by atoms with Crippen molar-refractivity contribution in [1.29, 1.82) is 0 Å². The van der Waals surface area contributed by atoms with E-state index in [1.54, 1.807) is 0 Å². The molecule has 0 N–H and O–H groups in total. The van der Waals surface area contributed by atoms with Crippen molar-refractivity contribution in [2.75, 3.05) is 4.90 Å². The van der Waals surface area contributed by atoms with E-state index >= 15 is 0 Å². The summed E-state index contributed by atoms with van der Waals surface area (Å²) in [6, 6.07) is 74.6. The van der Waals surface area contributed by atoms with Crippen LogP contribution in [-0.4, -0.2) is 0 Å². The lowest BCUT2D eigenvalue weighted by atomic mass is 9.67. The fraction of sp³-hybridized carbons (Fsp3) is 0.0741. The van der Waals surface area contributed by atoms with Gasteiger partial charge in [-0.05, 0) is 114 Å². The molecule has 0 fully saturated rings. The predicted octanol–water partition coefficient (Wildman–Crippen LogP) is 14.1. The molecule has 1 heteroatoms. The van der Waals surface area contributed by atoms with Crippen LogP contribution in [0.15, 0.2) is 200 Å². The van der Waals surface area contributed by atoms with Crippen LogP contribution >= 0.6 is 0 Å². The number of nitrogens with zero attached hydrogens (tertiary/aromatic N) is 1. The van der Waals surface area contributed by atoms with Gasteiger partial charge in [-0.3, -0.25) is 0 Å². The number of hydrogen-bond acceptors (Lipinski definition) is 1. The molecule has 0 saturated carbocycles. The van der Waals surface area contributed by atoms with Gasteiger partial charge in [0.2, 0.25) is 0 Å². The van der Waals surface area contributed by atoms with Crippen molar-refractivity contribution >= 4 is 38.6 Å². The molecule has 0 spiro atoms. The van der Waals surface area contributed by atoms with Gasteiger partial charge in [-0.25, -0.2) is 0 Å². The zero-order chi connectivity index (χ0) is 36.7. The lowest BCUT2D eigenvalue weighted by Crippen LogP contribution is -2.28. The van der Waals surface area contributed by atoms with Gasteiger partial charge in [-0.15, -0.1) is 0 Å². The topological polar surface area (TPSA) is 3.24 Å². The summed E-state index contributed by atoms with van der Waals surface area (Å²) in [5, 5.41) is 5.01. The molecule has 11 rings (SSSR count). The van der Waals surface area contributed by atoms with Gasteiger partial charge in [-0.2, -0.15) is 0 Å². The van der Waals surface area contributed by atoms with Crippen LogP contribution < -0.4 is 4.90 Å². The summed E-state index contributed by atoms with van der Waals surface area (Å²) < 4.78 is 0. The van der Waals surface area contributed by atoms with Crippen molar-refractivity contribution < 1.29 is 0 Å². The normalized spacial score (nSPS) is 14.3. The third kappa shape index (κ3) is 4.53. The molecule has 0 atom stereocenters. The highest BCUT2D eigenvalue weighted by atomic mass is 15.1. The van der Waals surface area contributed by atoms with Crippen molar-refractivity contribution in [2.45, 2.75) is 24.7 Å². The van der Waals surface area contributed by atoms with Gasteiger partial charge in [0.05, 0.1) is 5.41 Å². The molecule has 0 unspecified atom stereocenters. The number of hydrogen-bond donors (Lipinski definition) is 0. The van der Waals surface area contributed by atoms with Crippen molar-refractivity contribution in [1.82, 2.24) is 0 Å². The van der Waals surface area contributed by atoms with E-state index < -0.39 is 5.41 Å². The average molecular weight is 702 g/mol. The standard InChI is InChI=1S/C54H39N/c1-53(2)49-23-13-11-21-44(49)46-31-29-41(34-51(46)53)55(40-28-27-37-26-25-36-15-9-10-20-43(36)48(37)33-40)42-30-32-47-45-22-12-14-24-50(45)54(52(47)35-42,38-16-5-3-6-17-38)39-18-7-4-8-19-39/h3-35H,1-2H3. The second-order valence-corrected chi connectivity index (χ2v) is 15.7. The van der Waals surface area contributed by atoms with E-state index in [0.717, 1.165) is 17.1 Å². The van der Waals surface area contributed by atoms with Crippen LogP contribution in [0.4, 0.5) is 17.1 Å². The molecule has 260 valence electrons. The molecule has 9 aromatic carbocycles. The minimum atomic E-state index is -0.489. The van der Waals surface area contributed by atoms with Gasteiger partial charge >= 0.3 is 0 Å². The molecule has 0 bridgehead atoms. The lowest BCUT2D eigenvalue weighted by Gasteiger charge is -2.35. The summed E-state index contributed by atoms with van der Waals surface area (Å²) in [5.41, 5.74) is 15.9. The van der Waals surface area contributed by atoms with Gasteiger partial charge in [0.15, 0.2) is 0 Å². The molecule has 2 aliphatic rings. The molecule has 2 aliphatic carbocycles. The lowest BCUT2D eigenvalue weighted by molar-refractivity contribution is 0.660. The molecular formula is C54H39N. The Bertz CT molecular complexity index is 2920. The van der Waals surface area contributed by atoms with E-state index in [9.17, 15) is 0 Å². The van der Waals surface area contributed by atoms with Crippen LogP contribution in [0.3, 0.4) is 0 Å². The number of anilines is 3. The molecule has 0 aromatic heterocycles. The number of benzene rings is 9. The second kappa shape index (κ2) is 11.9. The Balaban J connectivity index is 1.20. The summed E-state index contributed by atoms with van der Waals surface area (Å²) in [6.45, 7) is 4.74. The molecule has 1 nitrogen and oxygen atoms in total. The third-order valence-corrected chi connectivity index (χ3v) is 12.5. The van der Waals surface area contributed by atoms with E-state index in [2.05, 4.69) is 219 Å². The fourth-order valence-electron chi connectivity index (χ4n) is 9.98. The summed E-state index contributed by atoms with van der Waals surface area (Å²) in [5.74, 6) is 0. The summed E-state index contributed by atoms with van der Waals surface area (Å²) in [7, 11) is 0. The van der Waals surface area contributed by atoms with E-state index in [1.807, 2.05) is 0 Å². The number of rotatable bonds is 5. The Morgan fingerprint density at radius 3 is 1.47 bits per heavy atom. The van der Waals surface area contributed by atoms with E-state index in [1.165, 1.54) is 77.2 Å². The molecule has 0 heterocycles. The van der Waals surface area contributed by atoms with Crippen molar-refractivity contribution in [3.8, 4) is 22.3 Å². The Kier molecular flexibility index (Phi) is 6.88. The van der Waals surface area contributed by atoms with Crippen LogP contribution in [-0.2, 0) is 10.8 Å². The highest BCUT2D eigenvalue weighted by Crippen LogP contribution is 2.58. The summed E-state index contributed by atoms with van der Waals surface area (Å²) in [6.07, 6.45) is 0. The van der Waals surface area contributed by atoms with Crippen molar-refractivity contribution in [3.63, 3.8) is 0 Å². The van der Waals surface area contributed by atoms with Crippen LogP contribution in [0.1, 0.15) is 47.2 Å². The Hall–Kier alpha value is -6.70. The second-order valence-electron chi connectivity index (χ2n) is 15.7. The highest BCUT2D eigenvalue weighted by Gasteiger charge is 2.46. The van der Waals surface area contributed by atoms with Crippen molar-refractivity contribution in [3.05, 3.63) is 234 Å². The zero-order valence-electron chi connectivity index (χ0n) is 31.0. The Morgan fingerprint density at radius 2 is 0.782 bits per heavy atom. The third-order valence-electron chi connectivity index (χ3n) is 12.5. The maximum Gasteiger partial charge on any atom is 0.0714 e. The zero-order valence-corrected chi connectivity index (χ0v) is 31.0. The number of fused-ring (bicyclic) bond motifs is 9. The first-order valence-electron chi connectivity index (χ1n) is 19.3. The van der Waals surface area contributed by atoms with Gasteiger partial charge in [0.1, 0.15) is 0 Å². The average Bonchev–Trinajstić information content (AvgIpc) is 3.67. The SMILES string of the molecule is CC1(C)c2ccccc2-c2ccc(N(c3ccc4c(c3)C(c3ccccc3)(c3ccccc3)c3ccccc3-4)c3ccc4ccc5ccccc5c4c3)cc21.